The number of thiocarbonyl (C=S) groups is 1. The van der Waals surface area contributed by atoms with E-state index in [1.807, 2.05) is 37.3 Å². The van der Waals surface area contributed by atoms with Crippen LogP contribution in [-0.4, -0.2) is 46.0 Å². The largest absolute Gasteiger partial charge is 0.493 e. The van der Waals surface area contributed by atoms with Crippen LogP contribution < -0.4 is 9.47 Å². The van der Waals surface area contributed by atoms with E-state index < -0.39 is 17.9 Å². The second-order valence-electron chi connectivity index (χ2n) is 6.44. The first-order valence-corrected chi connectivity index (χ1v) is 10.5. The molecule has 1 saturated heterocycles. The van der Waals surface area contributed by atoms with Gasteiger partial charge in [-0.3, -0.25) is 9.69 Å². The summed E-state index contributed by atoms with van der Waals surface area (Å²) >= 11 is 6.44. The van der Waals surface area contributed by atoms with Crippen molar-refractivity contribution in [3.05, 3.63) is 64.6 Å². The fourth-order valence-corrected chi connectivity index (χ4v) is 4.43. The minimum atomic E-state index is -1.10. The van der Waals surface area contributed by atoms with E-state index >= 15 is 0 Å². The van der Waals surface area contributed by atoms with Crippen LogP contribution in [-0.2, 0) is 16.0 Å². The van der Waals surface area contributed by atoms with Crippen molar-refractivity contribution in [1.82, 2.24) is 4.90 Å². The molecule has 156 valence electrons. The molecule has 2 aromatic carbocycles. The van der Waals surface area contributed by atoms with Crippen LogP contribution in [0.3, 0.4) is 0 Å². The Kier molecular flexibility index (Phi) is 7.12. The van der Waals surface area contributed by atoms with Gasteiger partial charge in [-0.15, -0.1) is 0 Å². The number of methoxy groups -OCH3 is 1. The fraction of sp³-hybridized carbons (Fsp3) is 0.227. The average Bonchev–Trinajstić information content (AvgIpc) is 3.01. The monoisotopic (exact) mass is 443 g/mol. The SMILES string of the molecule is CCOc1ccc(/C=C2\SC(=S)N([C@@H](Cc3ccccc3)C(=O)O)C2=O)cc1OC. The standard InChI is InChI=1S/C22H21NO5S2/c1-3-28-17-10-9-15(12-18(17)27-2)13-19-20(24)23(22(29)30-19)16(21(25)26)11-14-7-5-4-6-8-14/h4-10,12-13,16H,3,11H2,1-2H3,(H,25,26)/b19-13-/t16-/m0/s1. The van der Waals surface area contributed by atoms with Gasteiger partial charge in [0.05, 0.1) is 18.6 Å². The number of carbonyl (C=O) groups excluding carboxylic acids is 1. The third-order valence-electron chi connectivity index (χ3n) is 4.48. The summed E-state index contributed by atoms with van der Waals surface area (Å²) in [6, 6.07) is 13.4. The van der Waals surface area contributed by atoms with Crippen LogP contribution in [0.25, 0.3) is 6.08 Å². The summed E-state index contributed by atoms with van der Waals surface area (Å²) in [6.07, 6.45) is 1.85. The summed E-state index contributed by atoms with van der Waals surface area (Å²) in [6.45, 7) is 2.39. The van der Waals surface area contributed by atoms with E-state index in [9.17, 15) is 14.7 Å². The topological polar surface area (TPSA) is 76.1 Å². The Morgan fingerprint density at radius 1 is 1.23 bits per heavy atom. The lowest BCUT2D eigenvalue weighted by Crippen LogP contribution is -2.45. The molecule has 1 heterocycles. The molecule has 2 aromatic rings. The zero-order valence-corrected chi connectivity index (χ0v) is 18.2. The van der Waals surface area contributed by atoms with Crippen LogP contribution >= 0.6 is 24.0 Å². The molecule has 0 saturated carbocycles. The number of hydrogen-bond donors (Lipinski definition) is 1. The fourth-order valence-electron chi connectivity index (χ4n) is 3.07. The molecule has 0 unspecified atom stereocenters. The van der Waals surface area contributed by atoms with Crippen molar-refractivity contribution in [1.29, 1.82) is 0 Å². The number of amides is 1. The third-order valence-corrected chi connectivity index (χ3v) is 5.81. The minimum Gasteiger partial charge on any atom is -0.493 e. The maximum atomic E-state index is 13.0. The summed E-state index contributed by atoms with van der Waals surface area (Å²) in [4.78, 5) is 26.5. The Morgan fingerprint density at radius 3 is 2.60 bits per heavy atom. The molecular weight excluding hydrogens is 422 g/mol. The zero-order chi connectivity index (χ0) is 21.7. The second-order valence-corrected chi connectivity index (χ2v) is 8.11. The minimum absolute atomic E-state index is 0.173. The predicted octanol–water partition coefficient (Wildman–Crippen LogP) is 3.99. The van der Waals surface area contributed by atoms with Crippen LogP contribution in [0.4, 0.5) is 0 Å². The van der Waals surface area contributed by atoms with Crippen LogP contribution in [0.5, 0.6) is 11.5 Å². The maximum Gasteiger partial charge on any atom is 0.327 e. The highest BCUT2D eigenvalue weighted by Gasteiger charge is 2.40. The highest BCUT2D eigenvalue weighted by molar-refractivity contribution is 8.26. The quantitative estimate of drug-likeness (QED) is 0.488. The van der Waals surface area contributed by atoms with E-state index in [1.54, 1.807) is 31.4 Å². The number of carboxylic acids is 1. The number of carbonyl (C=O) groups is 2. The summed E-state index contributed by atoms with van der Waals surface area (Å²) in [5.74, 6) is -0.354. The molecule has 0 bridgehead atoms. The van der Waals surface area contributed by atoms with Gasteiger partial charge in [0.2, 0.25) is 0 Å². The smallest absolute Gasteiger partial charge is 0.327 e. The Balaban J connectivity index is 1.87. The molecule has 6 nitrogen and oxygen atoms in total. The first-order valence-electron chi connectivity index (χ1n) is 9.29. The van der Waals surface area contributed by atoms with Crippen molar-refractivity contribution in [3.63, 3.8) is 0 Å². The summed E-state index contributed by atoms with van der Waals surface area (Å²) < 4.78 is 11.1. The molecule has 0 spiro atoms. The predicted molar refractivity (Wildman–Crippen MR) is 121 cm³/mol. The summed E-state index contributed by atoms with van der Waals surface area (Å²) in [5, 5.41) is 9.74. The molecule has 1 fully saturated rings. The van der Waals surface area contributed by atoms with Gasteiger partial charge < -0.3 is 14.6 Å². The highest BCUT2D eigenvalue weighted by atomic mass is 32.2. The van der Waals surface area contributed by atoms with E-state index in [1.165, 1.54) is 4.90 Å². The van der Waals surface area contributed by atoms with E-state index in [0.717, 1.165) is 22.9 Å². The van der Waals surface area contributed by atoms with Gasteiger partial charge in [0.25, 0.3) is 5.91 Å². The van der Waals surface area contributed by atoms with Gasteiger partial charge in [-0.05, 0) is 36.3 Å². The Labute approximate surface area is 184 Å². The molecule has 0 radical (unpaired) electrons. The first kappa shape index (κ1) is 21.9. The lowest BCUT2D eigenvalue weighted by molar-refractivity contribution is -0.145. The van der Waals surface area contributed by atoms with E-state index in [4.69, 9.17) is 21.7 Å². The molecule has 1 atom stereocenters. The van der Waals surface area contributed by atoms with Gasteiger partial charge in [-0.25, -0.2) is 4.79 Å². The van der Waals surface area contributed by atoms with E-state index in [-0.39, 0.29) is 10.7 Å². The number of rotatable bonds is 8. The average molecular weight is 444 g/mol. The van der Waals surface area contributed by atoms with E-state index in [2.05, 4.69) is 0 Å². The van der Waals surface area contributed by atoms with Crippen molar-refractivity contribution in [2.24, 2.45) is 0 Å². The van der Waals surface area contributed by atoms with Crippen molar-refractivity contribution >= 4 is 46.3 Å². The van der Waals surface area contributed by atoms with Gasteiger partial charge in [0.15, 0.2) is 11.5 Å². The number of ether oxygens (including phenoxy) is 2. The zero-order valence-electron chi connectivity index (χ0n) is 16.5. The first-order chi connectivity index (χ1) is 14.4. The van der Waals surface area contributed by atoms with Gasteiger partial charge in [-0.1, -0.05) is 60.4 Å². The molecule has 3 rings (SSSR count). The summed E-state index contributed by atoms with van der Waals surface area (Å²) in [7, 11) is 1.54. The molecule has 0 aliphatic carbocycles. The number of hydrogen-bond acceptors (Lipinski definition) is 6. The van der Waals surface area contributed by atoms with Crippen molar-refractivity contribution in [2.45, 2.75) is 19.4 Å². The van der Waals surface area contributed by atoms with Crippen molar-refractivity contribution in [2.75, 3.05) is 13.7 Å². The van der Waals surface area contributed by atoms with Crippen molar-refractivity contribution in [3.8, 4) is 11.5 Å². The normalized spacial score (nSPS) is 16.1. The van der Waals surface area contributed by atoms with Gasteiger partial charge in [-0.2, -0.15) is 0 Å². The van der Waals surface area contributed by atoms with Gasteiger partial charge in [0, 0.05) is 6.42 Å². The molecule has 0 aromatic heterocycles. The van der Waals surface area contributed by atoms with Crippen molar-refractivity contribution < 1.29 is 24.2 Å². The third kappa shape index (κ3) is 4.83. The maximum absolute atomic E-state index is 13.0. The van der Waals surface area contributed by atoms with Gasteiger partial charge in [0.1, 0.15) is 10.4 Å². The van der Waals surface area contributed by atoms with Crippen LogP contribution in [0.2, 0.25) is 0 Å². The number of aliphatic carboxylic acids is 1. The highest BCUT2D eigenvalue weighted by Crippen LogP contribution is 2.36. The summed E-state index contributed by atoms with van der Waals surface area (Å²) in [5.41, 5.74) is 1.55. The molecule has 30 heavy (non-hydrogen) atoms. The molecule has 1 aliphatic heterocycles. The van der Waals surface area contributed by atoms with Crippen LogP contribution in [0.15, 0.2) is 53.4 Å². The molecule has 8 heteroatoms. The number of carboxylic acid groups (broad SMARTS) is 1. The molecule has 1 amide bonds. The Hall–Kier alpha value is -2.84. The Morgan fingerprint density at radius 2 is 1.97 bits per heavy atom. The molecular formula is C22H21NO5S2. The van der Waals surface area contributed by atoms with Crippen LogP contribution in [0.1, 0.15) is 18.1 Å². The van der Waals surface area contributed by atoms with E-state index in [0.29, 0.717) is 23.0 Å². The number of thioether (sulfide) groups is 1. The number of nitrogens with zero attached hydrogens (tertiary/aromatic N) is 1. The lowest BCUT2D eigenvalue weighted by Gasteiger charge is -2.23. The van der Waals surface area contributed by atoms with Gasteiger partial charge >= 0.3 is 5.97 Å². The Bertz CT molecular complexity index is 990. The lowest BCUT2D eigenvalue weighted by atomic mass is 10.0. The van der Waals surface area contributed by atoms with Crippen LogP contribution in [0, 0.1) is 0 Å². The number of benzene rings is 2. The second kappa shape index (κ2) is 9.77. The molecule has 1 N–H and O–H groups in total. The molecule has 1 aliphatic rings.